The van der Waals surface area contributed by atoms with Crippen LogP contribution in [0.4, 0.5) is 5.69 Å². The number of benzene rings is 1. The van der Waals surface area contributed by atoms with Crippen LogP contribution in [-0.4, -0.2) is 5.91 Å². The molecule has 2 aliphatic rings. The van der Waals surface area contributed by atoms with Gasteiger partial charge in [0.1, 0.15) is 0 Å². The van der Waals surface area contributed by atoms with Crippen molar-refractivity contribution in [3.05, 3.63) is 29.3 Å². The van der Waals surface area contributed by atoms with Gasteiger partial charge in [0.15, 0.2) is 0 Å². The van der Waals surface area contributed by atoms with Crippen LogP contribution >= 0.6 is 12.4 Å². The Balaban J connectivity index is 0.00000192. The Morgan fingerprint density at radius 3 is 2.65 bits per heavy atom. The van der Waals surface area contributed by atoms with Crippen molar-refractivity contribution in [1.82, 2.24) is 5.32 Å². The lowest BCUT2D eigenvalue weighted by molar-refractivity contribution is -0.127. The molecule has 1 fully saturated rings. The molecule has 0 spiro atoms. The summed E-state index contributed by atoms with van der Waals surface area (Å²) < 4.78 is 0. The highest BCUT2D eigenvalue weighted by atomic mass is 35.5. The zero-order valence-electron chi connectivity index (χ0n) is 14.0. The van der Waals surface area contributed by atoms with Crippen LogP contribution in [0.3, 0.4) is 0 Å². The average Bonchev–Trinajstić information content (AvgIpc) is 2.55. The molecule has 2 aliphatic carbocycles. The van der Waals surface area contributed by atoms with Gasteiger partial charge in [-0.15, -0.1) is 12.4 Å². The lowest BCUT2D eigenvalue weighted by Crippen LogP contribution is -2.37. The van der Waals surface area contributed by atoms with E-state index in [1.165, 1.54) is 30.4 Å². The Morgan fingerprint density at radius 1 is 1.22 bits per heavy atom. The quantitative estimate of drug-likeness (QED) is 0.804. The first-order valence-corrected chi connectivity index (χ1v) is 8.86. The fraction of sp³-hybridized carbons (Fsp3) is 0.632. The first kappa shape index (κ1) is 18.1. The zero-order valence-corrected chi connectivity index (χ0v) is 14.8. The molecule has 0 bridgehead atoms. The van der Waals surface area contributed by atoms with E-state index in [0.717, 1.165) is 43.7 Å². The maximum absolute atomic E-state index is 12.6. The van der Waals surface area contributed by atoms with E-state index in [4.69, 9.17) is 5.73 Å². The highest BCUT2D eigenvalue weighted by Gasteiger charge is 2.28. The van der Waals surface area contributed by atoms with Gasteiger partial charge in [-0.05, 0) is 74.1 Å². The van der Waals surface area contributed by atoms with E-state index in [0.29, 0.717) is 0 Å². The number of hydrogen-bond donors (Lipinski definition) is 2. The molecule has 0 aromatic heterocycles. The van der Waals surface area contributed by atoms with Crippen LogP contribution < -0.4 is 11.1 Å². The number of nitrogens with one attached hydrogen (secondary N) is 1. The molecule has 128 valence electrons. The second-order valence-corrected chi connectivity index (χ2v) is 7.04. The number of nitrogens with two attached hydrogens (primary N) is 1. The van der Waals surface area contributed by atoms with Crippen LogP contribution in [-0.2, 0) is 11.2 Å². The predicted molar refractivity (Wildman–Crippen MR) is 97.7 cm³/mol. The van der Waals surface area contributed by atoms with Gasteiger partial charge in [0.05, 0.1) is 6.04 Å². The molecular formula is C19H29ClN2O. The van der Waals surface area contributed by atoms with Gasteiger partial charge in [0, 0.05) is 11.6 Å². The number of halogens is 1. The molecule has 1 atom stereocenters. The van der Waals surface area contributed by atoms with Crippen molar-refractivity contribution in [1.29, 1.82) is 0 Å². The Labute approximate surface area is 145 Å². The topological polar surface area (TPSA) is 55.1 Å². The summed E-state index contributed by atoms with van der Waals surface area (Å²) in [5.74, 6) is 1.33. The third kappa shape index (κ3) is 4.20. The second kappa shape index (κ2) is 8.05. The number of amides is 1. The monoisotopic (exact) mass is 336 g/mol. The third-order valence-corrected chi connectivity index (χ3v) is 5.59. The van der Waals surface area contributed by atoms with E-state index in [9.17, 15) is 4.79 Å². The summed E-state index contributed by atoms with van der Waals surface area (Å²) in [6, 6.07) is 6.30. The number of hydrogen-bond acceptors (Lipinski definition) is 2. The largest absolute Gasteiger partial charge is 0.399 e. The van der Waals surface area contributed by atoms with Gasteiger partial charge in [-0.2, -0.15) is 0 Å². The molecule has 23 heavy (non-hydrogen) atoms. The van der Waals surface area contributed by atoms with Crippen LogP contribution in [0.25, 0.3) is 0 Å². The first-order valence-electron chi connectivity index (χ1n) is 8.86. The minimum Gasteiger partial charge on any atom is -0.399 e. The molecule has 1 aromatic rings. The normalized spacial score (nSPS) is 26.7. The van der Waals surface area contributed by atoms with E-state index in [1.807, 2.05) is 6.07 Å². The first-order chi connectivity index (χ1) is 10.7. The Kier molecular flexibility index (Phi) is 6.34. The molecule has 0 heterocycles. The van der Waals surface area contributed by atoms with Crippen LogP contribution in [0.5, 0.6) is 0 Å². The van der Waals surface area contributed by atoms with Gasteiger partial charge < -0.3 is 11.1 Å². The van der Waals surface area contributed by atoms with Crippen molar-refractivity contribution in [3.8, 4) is 0 Å². The number of aryl methyl sites for hydroxylation is 1. The molecule has 1 unspecified atom stereocenters. The molecule has 1 amide bonds. The van der Waals surface area contributed by atoms with Gasteiger partial charge in [-0.1, -0.05) is 19.4 Å². The number of fused-ring (bicyclic) bond motifs is 1. The summed E-state index contributed by atoms with van der Waals surface area (Å²) in [5.41, 5.74) is 9.29. The summed E-state index contributed by atoms with van der Waals surface area (Å²) in [4.78, 5) is 12.6. The molecule has 0 saturated heterocycles. The van der Waals surface area contributed by atoms with Gasteiger partial charge in [0.2, 0.25) is 5.91 Å². The van der Waals surface area contributed by atoms with Gasteiger partial charge in [0.25, 0.3) is 0 Å². The smallest absolute Gasteiger partial charge is 0.223 e. The van der Waals surface area contributed by atoms with E-state index in [-0.39, 0.29) is 30.3 Å². The molecule has 0 radical (unpaired) electrons. The SMILES string of the molecule is CCC1CCC(C(=O)NC2CCCc3cc(N)ccc32)CC1.Cl. The Hall–Kier alpha value is -1.22. The van der Waals surface area contributed by atoms with Crippen molar-refractivity contribution < 1.29 is 4.79 Å². The molecule has 1 saturated carbocycles. The van der Waals surface area contributed by atoms with E-state index < -0.39 is 0 Å². The molecule has 4 heteroatoms. The van der Waals surface area contributed by atoms with Crippen molar-refractivity contribution in [2.24, 2.45) is 11.8 Å². The fourth-order valence-electron chi connectivity index (χ4n) is 4.11. The van der Waals surface area contributed by atoms with Crippen LogP contribution in [0.1, 0.15) is 69.0 Å². The number of carbonyl (C=O) groups is 1. The molecule has 3 rings (SSSR count). The second-order valence-electron chi connectivity index (χ2n) is 7.04. The maximum Gasteiger partial charge on any atom is 0.223 e. The Bertz CT molecular complexity index is 538. The molecular weight excluding hydrogens is 308 g/mol. The highest BCUT2D eigenvalue weighted by molar-refractivity contribution is 5.85. The molecule has 0 aliphatic heterocycles. The number of carbonyl (C=O) groups excluding carboxylic acids is 1. The average molecular weight is 337 g/mol. The lowest BCUT2D eigenvalue weighted by atomic mass is 9.80. The molecule has 3 N–H and O–H groups in total. The highest BCUT2D eigenvalue weighted by Crippen LogP contribution is 2.34. The number of nitrogen functional groups attached to an aromatic ring is 1. The molecule has 3 nitrogen and oxygen atoms in total. The van der Waals surface area contributed by atoms with E-state index in [1.54, 1.807) is 0 Å². The zero-order chi connectivity index (χ0) is 15.5. The van der Waals surface area contributed by atoms with Crippen LogP contribution in [0.15, 0.2) is 18.2 Å². The van der Waals surface area contributed by atoms with Crippen molar-refractivity contribution in [3.63, 3.8) is 0 Å². The van der Waals surface area contributed by atoms with Crippen molar-refractivity contribution in [2.45, 2.75) is 64.3 Å². The van der Waals surface area contributed by atoms with Crippen LogP contribution in [0, 0.1) is 11.8 Å². The fourth-order valence-corrected chi connectivity index (χ4v) is 4.11. The van der Waals surface area contributed by atoms with E-state index >= 15 is 0 Å². The van der Waals surface area contributed by atoms with Crippen LogP contribution in [0.2, 0.25) is 0 Å². The standard InChI is InChI=1S/C19H28N2O.ClH/c1-2-13-6-8-14(9-7-13)19(22)21-18-5-3-4-15-12-16(20)10-11-17(15)18;/h10-14,18H,2-9,20H2,1H3,(H,21,22);1H. The van der Waals surface area contributed by atoms with Crippen molar-refractivity contribution >= 4 is 24.0 Å². The summed E-state index contributed by atoms with van der Waals surface area (Å²) in [7, 11) is 0. The molecule has 1 aromatic carbocycles. The minimum absolute atomic E-state index is 0. The van der Waals surface area contributed by atoms with Gasteiger partial charge >= 0.3 is 0 Å². The summed E-state index contributed by atoms with van der Waals surface area (Å²) in [6.45, 7) is 2.26. The van der Waals surface area contributed by atoms with Gasteiger partial charge in [-0.3, -0.25) is 4.79 Å². The number of anilines is 1. The van der Waals surface area contributed by atoms with E-state index in [2.05, 4.69) is 24.4 Å². The van der Waals surface area contributed by atoms with Crippen molar-refractivity contribution in [2.75, 3.05) is 5.73 Å². The van der Waals surface area contributed by atoms with Gasteiger partial charge in [-0.25, -0.2) is 0 Å². The summed E-state index contributed by atoms with van der Waals surface area (Å²) >= 11 is 0. The lowest BCUT2D eigenvalue weighted by Gasteiger charge is -2.31. The minimum atomic E-state index is 0. The Morgan fingerprint density at radius 2 is 1.96 bits per heavy atom. The maximum atomic E-state index is 12.6. The predicted octanol–water partition coefficient (Wildman–Crippen LogP) is 4.40. The summed E-state index contributed by atoms with van der Waals surface area (Å²) in [6.07, 6.45) is 9.06. The summed E-state index contributed by atoms with van der Waals surface area (Å²) in [5, 5.41) is 3.32. The number of rotatable bonds is 3. The third-order valence-electron chi connectivity index (χ3n) is 5.59.